The Hall–Kier alpha value is -1.74. The number of carboxylic acid groups (broad SMARTS) is 1. The Morgan fingerprint density at radius 2 is 1.95 bits per heavy atom. The first-order valence-corrected chi connectivity index (χ1v) is 8.20. The molecule has 21 heavy (non-hydrogen) atoms. The number of aliphatic carboxylic acids is 1. The van der Waals surface area contributed by atoms with Crippen LogP contribution in [0.5, 0.6) is 0 Å². The summed E-state index contributed by atoms with van der Waals surface area (Å²) in [5.41, 5.74) is 1.42. The molecule has 0 radical (unpaired) electrons. The number of hydrogen-bond acceptors (Lipinski definition) is 2. The fraction of sp³-hybridized carbons (Fsp3) is 0.278. The van der Waals surface area contributed by atoms with E-state index in [-0.39, 0.29) is 0 Å². The SMILES string of the molecule is CCC(C)SCC(=Cc1cccc2ccccc12)C(=O)O. The standard InChI is InChI=1S/C18H20O2S/c1-3-13(2)21-12-16(18(19)20)11-15-9-6-8-14-7-4-5-10-17(14)15/h4-11,13H,3,12H2,1-2H3,(H,19,20). The van der Waals surface area contributed by atoms with Crippen molar-refractivity contribution >= 4 is 34.6 Å². The molecule has 1 N–H and O–H groups in total. The average Bonchev–Trinajstić information content (AvgIpc) is 2.50. The molecule has 0 saturated heterocycles. The third-order valence-electron chi connectivity index (χ3n) is 3.53. The smallest absolute Gasteiger partial charge is 0.332 e. The minimum absolute atomic E-state index is 0.455. The number of benzene rings is 2. The summed E-state index contributed by atoms with van der Waals surface area (Å²) in [5.74, 6) is -0.299. The lowest BCUT2D eigenvalue weighted by Gasteiger charge is -2.09. The highest BCUT2D eigenvalue weighted by Gasteiger charge is 2.10. The molecule has 3 heteroatoms. The fourth-order valence-electron chi connectivity index (χ4n) is 2.08. The highest BCUT2D eigenvalue weighted by Crippen LogP contribution is 2.23. The highest BCUT2D eigenvalue weighted by atomic mass is 32.2. The van der Waals surface area contributed by atoms with Crippen LogP contribution >= 0.6 is 11.8 Å². The topological polar surface area (TPSA) is 37.3 Å². The second-order valence-corrected chi connectivity index (χ2v) is 6.50. The summed E-state index contributed by atoms with van der Waals surface area (Å²) in [7, 11) is 0. The molecular weight excluding hydrogens is 280 g/mol. The van der Waals surface area contributed by atoms with Gasteiger partial charge in [0.05, 0.1) is 0 Å². The first kappa shape index (κ1) is 15.6. The molecule has 0 heterocycles. The zero-order chi connectivity index (χ0) is 15.2. The first-order valence-electron chi connectivity index (χ1n) is 7.15. The van der Waals surface area contributed by atoms with Crippen LogP contribution in [0.15, 0.2) is 48.0 Å². The maximum Gasteiger partial charge on any atom is 0.332 e. The molecule has 110 valence electrons. The molecule has 0 amide bonds. The average molecular weight is 300 g/mol. The Morgan fingerprint density at radius 1 is 1.24 bits per heavy atom. The summed E-state index contributed by atoms with van der Waals surface area (Å²) in [4.78, 5) is 11.5. The van der Waals surface area contributed by atoms with Crippen molar-refractivity contribution in [1.82, 2.24) is 0 Å². The van der Waals surface area contributed by atoms with E-state index in [9.17, 15) is 9.90 Å². The van der Waals surface area contributed by atoms with Gasteiger partial charge in [0.25, 0.3) is 0 Å². The van der Waals surface area contributed by atoms with Crippen LogP contribution < -0.4 is 0 Å². The van der Waals surface area contributed by atoms with E-state index < -0.39 is 5.97 Å². The molecule has 0 aliphatic carbocycles. The third kappa shape index (κ3) is 4.11. The number of fused-ring (bicyclic) bond motifs is 1. The number of carboxylic acids is 1. The summed E-state index contributed by atoms with van der Waals surface area (Å²) in [6.45, 7) is 4.24. The van der Waals surface area contributed by atoms with Gasteiger partial charge in [0, 0.05) is 16.6 Å². The molecule has 2 rings (SSSR count). The summed E-state index contributed by atoms with van der Waals surface area (Å²) in [6, 6.07) is 14.0. The van der Waals surface area contributed by atoms with Crippen LogP contribution in [-0.4, -0.2) is 22.1 Å². The quantitative estimate of drug-likeness (QED) is 0.776. The minimum atomic E-state index is -0.835. The summed E-state index contributed by atoms with van der Waals surface area (Å²) in [5, 5.41) is 12.1. The van der Waals surface area contributed by atoms with Gasteiger partial charge in [-0.3, -0.25) is 0 Å². The first-order chi connectivity index (χ1) is 10.1. The fourth-order valence-corrected chi connectivity index (χ4v) is 2.99. The van der Waals surface area contributed by atoms with E-state index >= 15 is 0 Å². The van der Waals surface area contributed by atoms with Crippen molar-refractivity contribution < 1.29 is 9.90 Å². The van der Waals surface area contributed by atoms with Crippen molar-refractivity contribution in [2.75, 3.05) is 5.75 Å². The maximum absolute atomic E-state index is 11.5. The Kier molecular flexibility index (Phi) is 5.45. The molecular formula is C18H20O2S. The lowest BCUT2D eigenvalue weighted by atomic mass is 10.0. The molecule has 1 unspecified atom stereocenters. The number of rotatable bonds is 6. The molecule has 0 aromatic heterocycles. The van der Waals surface area contributed by atoms with Crippen LogP contribution in [0.2, 0.25) is 0 Å². The summed E-state index contributed by atoms with van der Waals surface area (Å²) in [6.07, 6.45) is 2.85. The largest absolute Gasteiger partial charge is 0.478 e. The van der Waals surface area contributed by atoms with Crippen LogP contribution in [0.25, 0.3) is 16.8 Å². The molecule has 2 nitrogen and oxygen atoms in total. The van der Waals surface area contributed by atoms with Gasteiger partial charge >= 0.3 is 5.97 Å². The van der Waals surface area contributed by atoms with Gasteiger partial charge in [0.15, 0.2) is 0 Å². The zero-order valence-electron chi connectivity index (χ0n) is 12.4. The maximum atomic E-state index is 11.5. The van der Waals surface area contributed by atoms with Gasteiger partial charge in [-0.2, -0.15) is 11.8 Å². The minimum Gasteiger partial charge on any atom is -0.478 e. The Morgan fingerprint density at radius 3 is 2.67 bits per heavy atom. The third-order valence-corrected chi connectivity index (χ3v) is 4.91. The van der Waals surface area contributed by atoms with Gasteiger partial charge in [-0.15, -0.1) is 0 Å². The lowest BCUT2D eigenvalue weighted by molar-refractivity contribution is -0.132. The van der Waals surface area contributed by atoms with Crippen molar-refractivity contribution in [2.24, 2.45) is 0 Å². The van der Waals surface area contributed by atoms with Gasteiger partial charge in [-0.05, 0) is 28.8 Å². The van der Waals surface area contributed by atoms with Gasteiger partial charge in [-0.1, -0.05) is 56.3 Å². The summed E-state index contributed by atoms with van der Waals surface area (Å²) < 4.78 is 0. The van der Waals surface area contributed by atoms with Crippen LogP contribution in [0, 0.1) is 0 Å². The predicted molar refractivity (Wildman–Crippen MR) is 91.8 cm³/mol. The molecule has 0 aliphatic heterocycles. The number of thioether (sulfide) groups is 1. The van der Waals surface area contributed by atoms with Crippen LogP contribution in [0.1, 0.15) is 25.8 Å². The normalized spacial score (nSPS) is 13.3. The Balaban J connectivity index is 2.34. The van der Waals surface area contributed by atoms with Crippen LogP contribution in [0.4, 0.5) is 0 Å². The molecule has 0 bridgehead atoms. The van der Waals surface area contributed by atoms with Gasteiger partial charge in [0.2, 0.25) is 0 Å². The van der Waals surface area contributed by atoms with Gasteiger partial charge < -0.3 is 5.11 Å². The van der Waals surface area contributed by atoms with E-state index in [0.717, 1.165) is 22.8 Å². The van der Waals surface area contributed by atoms with E-state index in [2.05, 4.69) is 13.8 Å². The second-order valence-electron chi connectivity index (χ2n) is 5.07. The molecule has 1 atom stereocenters. The molecule has 0 spiro atoms. The molecule has 0 fully saturated rings. The Labute approximate surface area is 129 Å². The number of hydrogen-bond donors (Lipinski definition) is 1. The van der Waals surface area contributed by atoms with E-state index in [1.807, 2.05) is 42.5 Å². The molecule has 2 aromatic carbocycles. The van der Waals surface area contributed by atoms with Crippen molar-refractivity contribution in [2.45, 2.75) is 25.5 Å². The second kappa shape index (κ2) is 7.32. The summed E-state index contributed by atoms with van der Waals surface area (Å²) >= 11 is 1.69. The van der Waals surface area contributed by atoms with Crippen molar-refractivity contribution in [1.29, 1.82) is 0 Å². The highest BCUT2D eigenvalue weighted by molar-refractivity contribution is 8.00. The van der Waals surface area contributed by atoms with E-state index in [4.69, 9.17) is 0 Å². The molecule has 0 saturated carbocycles. The van der Waals surface area contributed by atoms with Crippen molar-refractivity contribution in [3.05, 3.63) is 53.6 Å². The zero-order valence-corrected chi connectivity index (χ0v) is 13.2. The molecule has 0 aliphatic rings. The van der Waals surface area contributed by atoms with Gasteiger partial charge in [-0.25, -0.2) is 4.79 Å². The number of carbonyl (C=O) groups is 1. The predicted octanol–water partition coefficient (Wildman–Crippen LogP) is 4.84. The van der Waals surface area contributed by atoms with E-state index in [0.29, 0.717) is 16.6 Å². The molecule has 2 aromatic rings. The Bertz CT molecular complexity index is 656. The monoisotopic (exact) mass is 300 g/mol. The van der Waals surface area contributed by atoms with Gasteiger partial charge in [0.1, 0.15) is 0 Å². The van der Waals surface area contributed by atoms with E-state index in [1.165, 1.54) is 0 Å². The van der Waals surface area contributed by atoms with E-state index in [1.54, 1.807) is 17.8 Å². The van der Waals surface area contributed by atoms with Crippen molar-refractivity contribution in [3.63, 3.8) is 0 Å². The van der Waals surface area contributed by atoms with Crippen LogP contribution in [0.3, 0.4) is 0 Å². The lowest BCUT2D eigenvalue weighted by Crippen LogP contribution is -2.06. The van der Waals surface area contributed by atoms with Crippen LogP contribution in [-0.2, 0) is 4.79 Å². The van der Waals surface area contributed by atoms with Crippen molar-refractivity contribution in [3.8, 4) is 0 Å².